The number of hydrogen-bond donors (Lipinski definition) is 0. The highest BCUT2D eigenvalue weighted by Gasteiger charge is 2.26. The van der Waals surface area contributed by atoms with Crippen molar-refractivity contribution >= 4 is 33.4 Å². The van der Waals surface area contributed by atoms with Crippen LogP contribution in [0, 0.1) is 0 Å². The molecule has 19 heavy (non-hydrogen) atoms. The van der Waals surface area contributed by atoms with Crippen LogP contribution in [-0.2, 0) is 0 Å². The zero-order valence-electron chi connectivity index (χ0n) is 11.2. The van der Waals surface area contributed by atoms with Crippen LogP contribution in [-0.4, -0.2) is 48.4 Å². The SMILES string of the molecule is CC1CN(C)CCCN1C(=O)c1cc(Cl)ccc1Br. The van der Waals surface area contributed by atoms with Gasteiger partial charge in [-0.25, -0.2) is 0 Å². The summed E-state index contributed by atoms with van der Waals surface area (Å²) >= 11 is 9.42. The fourth-order valence-electron chi connectivity index (χ4n) is 2.49. The molecule has 1 aromatic carbocycles. The molecular formula is C14H18BrClN2O. The van der Waals surface area contributed by atoms with Gasteiger partial charge >= 0.3 is 0 Å². The zero-order chi connectivity index (χ0) is 14.0. The highest BCUT2D eigenvalue weighted by molar-refractivity contribution is 9.10. The minimum atomic E-state index is 0.0529. The largest absolute Gasteiger partial charge is 0.335 e. The summed E-state index contributed by atoms with van der Waals surface area (Å²) in [6, 6.07) is 5.55. The maximum absolute atomic E-state index is 12.7. The number of nitrogens with zero attached hydrogens (tertiary/aromatic N) is 2. The fraction of sp³-hybridized carbons (Fsp3) is 0.500. The van der Waals surface area contributed by atoms with Crippen molar-refractivity contribution in [3.63, 3.8) is 0 Å². The highest BCUT2D eigenvalue weighted by atomic mass is 79.9. The predicted molar refractivity (Wildman–Crippen MR) is 81.8 cm³/mol. The molecule has 1 aliphatic rings. The Morgan fingerprint density at radius 2 is 2.16 bits per heavy atom. The summed E-state index contributed by atoms with van der Waals surface area (Å²) in [4.78, 5) is 16.9. The second-order valence-electron chi connectivity index (χ2n) is 5.09. The molecular weight excluding hydrogens is 328 g/mol. The van der Waals surface area contributed by atoms with Crippen LogP contribution in [0.4, 0.5) is 0 Å². The summed E-state index contributed by atoms with van der Waals surface area (Å²) in [6.07, 6.45) is 1.00. The number of halogens is 2. The van der Waals surface area contributed by atoms with Gasteiger partial charge < -0.3 is 9.80 Å². The average molecular weight is 346 g/mol. The molecule has 0 spiro atoms. The first-order chi connectivity index (χ1) is 8.99. The van der Waals surface area contributed by atoms with Gasteiger partial charge in [0.05, 0.1) is 5.56 Å². The van der Waals surface area contributed by atoms with Crippen molar-refractivity contribution in [1.29, 1.82) is 0 Å². The number of hydrogen-bond acceptors (Lipinski definition) is 2. The lowest BCUT2D eigenvalue weighted by Crippen LogP contribution is -2.42. The van der Waals surface area contributed by atoms with Crippen molar-refractivity contribution in [2.45, 2.75) is 19.4 Å². The van der Waals surface area contributed by atoms with Gasteiger partial charge in [-0.3, -0.25) is 4.79 Å². The summed E-state index contributed by atoms with van der Waals surface area (Å²) in [5.41, 5.74) is 0.643. The number of amides is 1. The smallest absolute Gasteiger partial charge is 0.255 e. The van der Waals surface area contributed by atoms with E-state index in [-0.39, 0.29) is 11.9 Å². The summed E-state index contributed by atoms with van der Waals surface area (Å²) in [6.45, 7) is 4.83. The van der Waals surface area contributed by atoms with Crippen LogP contribution in [0.15, 0.2) is 22.7 Å². The lowest BCUT2D eigenvalue weighted by Gasteiger charge is -2.28. The monoisotopic (exact) mass is 344 g/mol. The molecule has 1 aromatic rings. The number of benzene rings is 1. The fourth-order valence-corrected chi connectivity index (χ4v) is 3.08. The van der Waals surface area contributed by atoms with E-state index in [0.717, 1.165) is 30.5 Å². The van der Waals surface area contributed by atoms with E-state index in [2.05, 4.69) is 34.8 Å². The molecule has 0 bridgehead atoms. The van der Waals surface area contributed by atoms with Gasteiger partial charge in [0.25, 0.3) is 5.91 Å². The van der Waals surface area contributed by atoms with Crippen LogP contribution < -0.4 is 0 Å². The number of carbonyl (C=O) groups is 1. The molecule has 1 heterocycles. The topological polar surface area (TPSA) is 23.6 Å². The Balaban J connectivity index is 2.25. The first-order valence-corrected chi connectivity index (χ1v) is 7.60. The number of carbonyl (C=O) groups excluding carboxylic acids is 1. The molecule has 0 N–H and O–H groups in total. The Bertz CT molecular complexity index is 481. The average Bonchev–Trinajstić information content (AvgIpc) is 2.52. The van der Waals surface area contributed by atoms with Crippen LogP contribution >= 0.6 is 27.5 Å². The standard InChI is InChI=1S/C14H18BrClN2O/c1-10-9-17(2)6-3-7-18(10)14(19)12-8-11(16)4-5-13(12)15/h4-5,8,10H,3,6-7,9H2,1-2H3. The Hall–Kier alpha value is -0.580. The van der Waals surface area contributed by atoms with Gasteiger partial charge in [-0.15, -0.1) is 0 Å². The third kappa shape index (κ3) is 3.50. The van der Waals surface area contributed by atoms with Gasteiger partial charge in [0.1, 0.15) is 0 Å². The Kier molecular flexibility index (Phi) is 4.87. The van der Waals surface area contributed by atoms with Gasteiger partial charge in [0.2, 0.25) is 0 Å². The lowest BCUT2D eigenvalue weighted by atomic mass is 10.1. The molecule has 1 atom stereocenters. The molecule has 2 rings (SSSR count). The Morgan fingerprint density at radius 3 is 2.89 bits per heavy atom. The normalized spacial score (nSPS) is 21.3. The molecule has 1 amide bonds. The van der Waals surface area contributed by atoms with Crippen molar-refractivity contribution in [3.05, 3.63) is 33.3 Å². The van der Waals surface area contributed by atoms with E-state index in [4.69, 9.17) is 11.6 Å². The number of rotatable bonds is 1. The summed E-state index contributed by atoms with van der Waals surface area (Å²) in [7, 11) is 2.10. The molecule has 3 nitrogen and oxygen atoms in total. The third-order valence-electron chi connectivity index (χ3n) is 3.47. The summed E-state index contributed by atoms with van der Waals surface area (Å²) in [5, 5.41) is 0.589. The van der Waals surface area contributed by atoms with Gasteiger partial charge in [0, 0.05) is 28.6 Å². The van der Waals surface area contributed by atoms with E-state index in [1.54, 1.807) is 12.1 Å². The molecule has 0 aromatic heterocycles. The molecule has 1 saturated heterocycles. The van der Waals surface area contributed by atoms with Crippen LogP contribution in [0.1, 0.15) is 23.7 Å². The first kappa shape index (κ1) is 14.8. The van der Waals surface area contributed by atoms with Crippen LogP contribution in [0.3, 0.4) is 0 Å². The third-order valence-corrected chi connectivity index (χ3v) is 4.39. The molecule has 1 aliphatic heterocycles. The van der Waals surface area contributed by atoms with Gasteiger partial charge in [-0.05, 0) is 61.1 Å². The van der Waals surface area contributed by atoms with Crippen molar-refractivity contribution in [2.75, 3.05) is 26.7 Å². The molecule has 5 heteroatoms. The van der Waals surface area contributed by atoms with Gasteiger partial charge in [0.15, 0.2) is 0 Å². The van der Waals surface area contributed by atoms with Crippen LogP contribution in [0.25, 0.3) is 0 Å². The van der Waals surface area contributed by atoms with E-state index >= 15 is 0 Å². The van der Waals surface area contributed by atoms with Gasteiger partial charge in [-0.2, -0.15) is 0 Å². The Labute approximate surface area is 127 Å². The summed E-state index contributed by atoms with van der Waals surface area (Å²) in [5.74, 6) is 0.0529. The van der Waals surface area contributed by atoms with Crippen LogP contribution in [0.2, 0.25) is 5.02 Å². The molecule has 0 saturated carbocycles. The van der Waals surface area contributed by atoms with E-state index < -0.39 is 0 Å². The maximum atomic E-state index is 12.7. The number of likely N-dealkylation sites (N-methyl/N-ethyl adjacent to an activating group) is 1. The zero-order valence-corrected chi connectivity index (χ0v) is 13.5. The predicted octanol–water partition coefficient (Wildman–Crippen LogP) is 3.27. The maximum Gasteiger partial charge on any atom is 0.255 e. The second kappa shape index (κ2) is 6.25. The van der Waals surface area contributed by atoms with E-state index in [0.29, 0.717) is 10.6 Å². The lowest BCUT2D eigenvalue weighted by molar-refractivity contribution is 0.0695. The molecule has 1 unspecified atom stereocenters. The van der Waals surface area contributed by atoms with Gasteiger partial charge in [-0.1, -0.05) is 11.6 Å². The molecule has 0 aliphatic carbocycles. The van der Waals surface area contributed by atoms with Crippen molar-refractivity contribution in [3.8, 4) is 0 Å². The van der Waals surface area contributed by atoms with E-state index in [1.807, 2.05) is 11.0 Å². The van der Waals surface area contributed by atoms with Crippen LogP contribution in [0.5, 0.6) is 0 Å². The molecule has 0 radical (unpaired) electrons. The van der Waals surface area contributed by atoms with E-state index in [1.165, 1.54) is 0 Å². The van der Waals surface area contributed by atoms with Crippen molar-refractivity contribution in [2.24, 2.45) is 0 Å². The quantitative estimate of drug-likeness (QED) is 0.780. The molecule has 104 valence electrons. The van der Waals surface area contributed by atoms with Crippen molar-refractivity contribution < 1.29 is 4.79 Å². The minimum Gasteiger partial charge on any atom is -0.335 e. The van der Waals surface area contributed by atoms with E-state index in [9.17, 15) is 4.79 Å². The minimum absolute atomic E-state index is 0.0529. The second-order valence-corrected chi connectivity index (χ2v) is 6.38. The highest BCUT2D eigenvalue weighted by Crippen LogP contribution is 2.24. The van der Waals surface area contributed by atoms with Crippen molar-refractivity contribution in [1.82, 2.24) is 9.80 Å². The summed E-state index contributed by atoms with van der Waals surface area (Å²) < 4.78 is 0.798. The molecule has 1 fully saturated rings. The first-order valence-electron chi connectivity index (χ1n) is 6.43. The Morgan fingerprint density at radius 1 is 1.42 bits per heavy atom.